The van der Waals surface area contributed by atoms with Crippen molar-refractivity contribution in [2.24, 2.45) is 4.99 Å². The minimum absolute atomic E-state index is 0. The fourth-order valence-corrected chi connectivity index (χ4v) is 2.87. The zero-order chi connectivity index (χ0) is 19.4. The number of nitrogens with one attached hydrogen (secondary N) is 3. The molecule has 0 radical (unpaired) electrons. The molecule has 156 valence electrons. The molecule has 1 rings (SSSR count). The molecule has 0 aliphatic rings. The van der Waals surface area contributed by atoms with E-state index in [2.05, 4.69) is 20.3 Å². The third-order valence-electron chi connectivity index (χ3n) is 3.73. The molecule has 0 fully saturated rings. The molecule has 0 saturated carbocycles. The fraction of sp³-hybridized carbons (Fsp3) is 0.588. The minimum atomic E-state index is -3.12. The van der Waals surface area contributed by atoms with Crippen LogP contribution in [0.15, 0.2) is 23.2 Å². The number of hydrogen-bond acceptors (Lipinski definition) is 5. The van der Waals surface area contributed by atoms with Crippen molar-refractivity contribution in [3.8, 4) is 11.5 Å². The molecule has 0 spiro atoms. The average molecular weight is 514 g/mol. The molecule has 10 heteroatoms. The molecule has 27 heavy (non-hydrogen) atoms. The predicted molar refractivity (Wildman–Crippen MR) is 120 cm³/mol. The second-order valence-corrected chi connectivity index (χ2v) is 7.61. The van der Waals surface area contributed by atoms with E-state index in [9.17, 15) is 8.42 Å². The van der Waals surface area contributed by atoms with Gasteiger partial charge in [-0.25, -0.2) is 13.1 Å². The number of sulfonamides is 1. The van der Waals surface area contributed by atoms with Gasteiger partial charge in [0.1, 0.15) is 0 Å². The van der Waals surface area contributed by atoms with Crippen LogP contribution in [0.1, 0.15) is 18.9 Å². The summed E-state index contributed by atoms with van der Waals surface area (Å²) in [5, 5.41) is 6.39. The molecule has 1 aromatic carbocycles. The highest BCUT2D eigenvalue weighted by Crippen LogP contribution is 2.27. The van der Waals surface area contributed by atoms with E-state index < -0.39 is 10.0 Å². The molecule has 1 aromatic rings. The number of nitrogens with zero attached hydrogens (tertiary/aromatic N) is 1. The quantitative estimate of drug-likeness (QED) is 0.179. The van der Waals surface area contributed by atoms with Crippen LogP contribution >= 0.6 is 24.0 Å². The van der Waals surface area contributed by atoms with Crippen molar-refractivity contribution in [3.63, 3.8) is 0 Å². The van der Waals surface area contributed by atoms with Gasteiger partial charge in [0.05, 0.1) is 20.0 Å². The summed E-state index contributed by atoms with van der Waals surface area (Å²) in [7, 11) is 1.81. The average Bonchev–Trinajstić information content (AvgIpc) is 2.66. The topological polar surface area (TPSA) is 101 Å². The smallest absolute Gasteiger partial charge is 0.211 e. The lowest BCUT2D eigenvalue weighted by atomic mass is 10.1. The van der Waals surface area contributed by atoms with Gasteiger partial charge in [0.2, 0.25) is 10.0 Å². The molecule has 0 bridgehead atoms. The van der Waals surface area contributed by atoms with Crippen molar-refractivity contribution < 1.29 is 17.9 Å². The fourth-order valence-electron chi connectivity index (χ4n) is 2.21. The summed E-state index contributed by atoms with van der Waals surface area (Å²) in [6.07, 6.45) is 1.48. The monoisotopic (exact) mass is 514 g/mol. The van der Waals surface area contributed by atoms with Crippen LogP contribution in [0.5, 0.6) is 11.5 Å². The van der Waals surface area contributed by atoms with Crippen molar-refractivity contribution in [2.45, 2.75) is 19.8 Å². The molecule has 8 nitrogen and oxygen atoms in total. The first-order valence-corrected chi connectivity index (χ1v) is 10.2. The number of benzene rings is 1. The van der Waals surface area contributed by atoms with Crippen LogP contribution in [0.3, 0.4) is 0 Å². The van der Waals surface area contributed by atoms with Gasteiger partial charge in [-0.05, 0) is 37.5 Å². The normalized spacial score (nSPS) is 11.5. The minimum Gasteiger partial charge on any atom is -0.493 e. The molecule has 0 unspecified atom stereocenters. The van der Waals surface area contributed by atoms with Gasteiger partial charge in [-0.2, -0.15) is 0 Å². The zero-order valence-electron chi connectivity index (χ0n) is 16.4. The SMILES string of the molecule is CCS(=O)(=O)NCCCNC(=NC)NCCc1ccc(OC)c(OC)c1.I. The number of hydrogen-bond donors (Lipinski definition) is 3. The Morgan fingerprint density at radius 1 is 1.07 bits per heavy atom. The van der Waals surface area contributed by atoms with Crippen LogP contribution in [0, 0.1) is 0 Å². The lowest BCUT2D eigenvalue weighted by Crippen LogP contribution is -2.39. The van der Waals surface area contributed by atoms with Gasteiger partial charge in [0.15, 0.2) is 17.5 Å². The Balaban J connectivity index is 0.00000676. The maximum atomic E-state index is 11.3. The maximum Gasteiger partial charge on any atom is 0.211 e. The molecular formula is C17H31IN4O4S. The van der Waals surface area contributed by atoms with E-state index in [1.807, 2.05) is 18.2 Å². The van der Waals surface area contributed by atoms with E-state index in [0.717, 1.165) is 12.0 Å². The number of guanidine groups is 1. The first kappa shape index (κ1) is 25.7. The molecule has 0 heterocycles. The van der Waals surface area contributed by atoms with E-state index in [4.69, 9.17) is 9.47 Å². The van der Waals surface area contributed by atoms with E-state index >= 15 is 0 Å². The largest absolute Gasteiger partial charge is 0.493 e. The van der Waals surface area contributed by atoms with Crippen molar-refractivity contribution in [3.05, 3.63) is 23.8 Å². The lowest BCUT2D eigenvalue weighted by Gasteiger charge is -2.13. The van der Waals surface area contributed by atoms with E-state index in [0.29, 0.717) is 43.5 Å². The third kappa shape index (κ3) is 10.0. The van der Waals surface area contributed by atoms with Gasteiger partial charge < -0.3 is 20.1 Å². The lowest BCUT2D eigenvalue weighted by molar-refractivity contribution is 0.354. The highest BCUT2D eigenvalue weighted by molar-refractivity contribution is 14.0. The van der Waals surface area contributed by atoms with Crippen LogP contribution in [-0.2, 0) is 16.4 Å². The van der Waals surface area contributed by atoms with Gasteiger partial charge >= 0.3 is 0 Å². The van der Waals surface area contributed by atoms with Gasteiger partial charge in [-0.3, -0.25) is 4.99 Å². The summed E-state index contributed by atoms with van der Waals surface area (Å²) < 4.78 is 35.7. The van der Waals surface area contributed by atoms with Gasteiger partial charge in [0.25, 0.3) is 0 Å². The summed E-state index contributed by atoms with van der Waals surface area (Å²) in [4.78, 5) is 4.15. The Morgan fingerprint density at radius 3 is 2.33 bits per heavy atom. The molecule has 0 aliphatic heterocycles. The summed E-state index contributed by atoms with van der Waals surface area (Å²) in [6.45, 7) is 3.36. The van der Waals surface area contributed by atoms with E-state index in [1.165, 1.54) is 0 Å². The summed E-state index contributed by atoms with van der Waals surface area (Å²) >= 11 is 0. The summed E-state index contributed by atoms with van der Waals surface area (Å²) in [5.74, 6) is 2.20. The number of aliphatic imine (C=N–C) groups is 1. The first-order chi connectivity index (χ1) is 12.5. The first-order valence-electron chi connectivity index (χ1n) is 8.58. The molecule has 0 atom stereocenters. The van der Waals surface area contributed by atoms with E-state index in [-0.39, 0.29) is 29.7 Å². The van der Waals surface area contributed by atoms with Crippen molar-refractivity contribution in [1.82, 2.24) is 15.4 Å². The molecular weight excluding hydrogens is 483 g/mol. The van der Waals surface area contributed by atoms with Crippen LogP contribution in [-0.4, -0.2) is 61.0 Å². The number of ether oxygens (including phenoxy) is 2. The molecule has 3 N–H and O–H groups in total. The Kier molecular flexibility index (Phi) is 13.2. The molecule has 0 aromatic heterocycles. The van der Waals surface area contributed by atoms with E-state index in [1.54, 1.807) is 28.2 Å². The standard InChI is InChI=1S/C17H30N4O4S.HI/c1-5-26(22,23)21-11-6-10-19-17(18-2)20-12-9-14-7-8-15(24-3)16(13-14)25-4;/h7-8,13,21H,5-6,9-12H2,1-4H3,(H2,18,19,20);1H. The second-order valence-electron chi connectivity index (χ2n) is 5.52. The van der Waals surface area contributed by atoms with Gasteiger partial charge in [0, 0.05) is 26.7 Å². The van der Waals surface area contributed by atoms with Gasteiger partial charge in [-0.1, -0.05) is 6.07 Å². The highest BCUT2D eigenvalue weighted by atomic mass is 127. The number of rotatable bonds is 11. The van der Waals surface area contributed by atoms with Gasteiger partial charge in [-0.15, -0.1) is 24.0 Å². The Hall–Kier alpha value is -1.27. The molecule has 0 aliphatic carbocycles. The van der Waals surface area contributed by atoms with Crippen molar-refractivity contribution >= 4 is 40.0 Å². The predicted octanol–water partition coefficient (Wildman–Crippen LogP) is 1.36. The summed E-state index contributed by atoms with van der Waals surface area (Å²) in [5.41, 5.74) is 1.12. The Bertz CT molecular complexity index is 684. The maximum absolute atomic E-state index is 11.3. The van der Waals surface area contributed by atoms with Crippen LogP contribution < -0.4 is 24.8 Å². The Labute approximate surface area is 179 Å². The van der Waals surface area contributed by atoms with Crippen LogP contribution in [0.25, 0.3) is 0 Å². The zero-order valence-corrected chi connectivity index (χ0v) is 19.5. The third-order valence-corrected chi connectivity index (χ3v) is 5.13. The summed E-state index contributed by atoms with van der Waals surface area (Å²) in [6, 6.07) is 5.84. The van der Waals surface area contributed by atoms with Crippen LogP contribution in [0.4, 0.5) is 0 Å². The molecule has 0 saturated heterocycles. The van der Waals surface area contributed by atoms with Crippen molar-refractivity contribution in [2.75, 3.05) is 46.7 Å². The number of methoxy groups -OCH3 is 2. The molecule has 0 amide bonds. The van der Waals surface area contributed by atoms with Crippen molar-refractivity contribution in [1.29, 1.82) is 0 Å². The second kappa shape index (κ2) is 13.8. The number of halogens is 1. The van der Waals surface area contributed by atoms with Crippen LogP contribution in [0.2, 0.25) is 0 Å². The Morgan fingerprint density at radius 2 is 1.74 bits per heavy atom. The highest BCUT2D eigenvalue weighted by Gasteiger charge is 2.06.